The van der Waals surface area contributed by atoms with Gasteiger partial charge in [-0.1, -0.05) is 194 Å². The zero-order valence-electron chi connectivity index (χ0n) is 34.1. The average Bonchev–Trinajstić information content (AvgIpc) is 3.75. The average molecular weight is 804 g/mol. The minimum absolute atomic E-state index is 0.574. The number of benzene rings is 10. The molecule has 63 heavy (non-hydrogen) atoms. The van der Waals surface area contributed by atoms with Crippen LogP contribution in [0, 0.1) is 0 Å². The van der Waals surface area contributed by atoms with Crippen LogP contribution in [0.1, 0.15) is 0 Å². The highest BCUT2D eigenvalue weighted by Gasteiger charge is 2.20. The molecule has 0 spiro atoms. The van der Waals surface area contributed by atoms with Crippen LogP contribution in [0.15, 0.2) is 229 Å². The molecule has 0 fully saturated rings. The molecular formula is C59H37N3O. The Morgan fingerprint density at radius 2 is 0.810 bits per heavy atom. The lowest BCUT2D eigenvalue weighted by Crippen LogP contribution is -2.01. The van der Waals surface area contributed by atoms with Crippen LogP contribution in [-0.2, 0) is 0 Å². The highest BCUT2D eigenvalue weighted by Crippen LogP contribution is 2.43. The van der Waals surface area contributed by atoms with E-state index in [1.54, 1.807) is 0 Å². The van der Waals surface area contributed by atoms with Gasteiger partial charge in [0.1, 0.15) is 11.2 Å². The molecule has 0 aliphatic rings. The van der Waals surface area contributed by atoms with E-state index >= 15 is 0 Å². The molecule has 0 radical (unpaired) electrons. The fraction of sp³-hybridized carbons (Fsp3) is 0. The maximum atomic E-state index is 6.74. The molecular weight excluding hydrogens is 767 g/mol. The summed E-state index contributed by atoms with van der Waals surface area (Å²) in [5.74, 6) is 1.79. The Morgan fingerprint density at radius 3 is 1.56 bits per heavy atom. The van der Waals surface area contributed by atoms with Gasteiger partial charge in [-0.2, -0.15) is 0 Å². The molecule has 4 nitrogen and oxygen atoms in total. The monoisotopic (exact) mass is 803 g/mol. The Hall–Kier alpha value is -8.47. The first-order valence-electron chi connectivity index (χ1n) is 21.3. The molecule has 10 aromatic carbocycles. The third kappa shape index (κ3) is 6.53. The van der Waals surface area contributed by atoms with Gasteiger partial charge in [0.15, 0.2) is 17.5 Å². The second-order valence-electron chi connectivity index (χ2n) is 15.9. The lowest BCUT2D eigenvalue weighted by Gasteiger charge is -2.14. The predicted octanol–water partition coefficient (Wildman–Crippen LogP) is 15.7. The smallest absolute Gasteiger partial charge is 0.164 e. The lowest BCUT2D eigenvalue weighted by atomic mass is 9.89. The van der Waals surface area contributed by atoms with Crippen molar-refractivity contribution in [3.05, 3.63) is 224 Å². The number of nitrogens with zero attached hydrogens (tertiary/aromatic N) is 3. The molecule has 12 rings (SSSR count). The summed E-state index contributed by atoms with van der Waals surface area (Å²) in [6.45, 7) is 0. The van der Waals surface area contributed by atoms with E-state index < -0.39 is 0 Å². The second kappa shape index (κ2) is 15.2. The summed E-state index contributed by atoms with van der Waals surface area (Å²) in [5, 5.41) is 6.67. The van der Waals surface area contributed by atoms with E-state index in [1.165, 1.54) is 22.1 Å². The molecule has 294 valence electrons. The zero-order valence-corrected chi connectivity index (χ0v) is 34.1. The van der Waals surface area contributed by atoms with Crippen LogP contribution in [0.5, 0.6) is 0 Å². The minimum Gasteiger partial charge on any atom is -0.456 e. The van der Waals surface area contributed by atoms with E-state index in [2.05, 4.69) is 218 Å². The van der Waals surface area contributed by atoms with Crippen LogP contribution in [-0.4, -0.2) is 15.0 Å². The normalized spacial score (nSPS) is 11.5. The van der Waals surface area contributed by atoms with E-state index in [0.717, 1.165) is 82.6 Å². The van der Waals surface area contributed by atoms with Gasteiger partial charge >= 0.3 is 0 Å². The molecule has 0 aliphatic carbocycles. The first-order chi connectivity index (χ1) is 31.2. The topological polar surface area (TPSA) is 51.8 Å². The molecule has 0 saturated heterocycles. The quantitative estimate of drug-likeness (QED) is 0.151. The van der Waals surface area contributed by atoms with E-state index in [1.807, 2.05) is 6.07 Å². The SMILES string of the molecule is c1ccc(-c2ccc(-c3nc(-c4ccc5c(c4)oc4cccc(-c6ccc(-c7ccccc7)cc6-c6ccccc6)c45)nc(-c4cc5ccccc5c5ccccc45)n3)cc2)cc1. The van der Waals surface area contributed by atoms with Crippen LogP contribution in [0.3, 0.4) is 0 Å². The van der Waals surface area contributed by atoms with Gasteiger partial charge in [0, 0.05) is 27.5 Å². The van der Waals surface area contributed by atoms with Gasteiger partial charge in [-0.25, -0.2) is 15.0 Å². The Morgan fingerprint density at radius 1 is 0.254 bits per heavy atom. The number of fused-ring (bicyclic) bond motifs is 6. The van der Waals surface area contributed by atoms with Crippen molar-refractivity contribution in [1.82, 2.24) is 15.0 Å². The fourth-order valence-corrected chi connectivity index (χ4v) is 9.07. The number of aromatic nitrogens is 3. The molecule has 0 aliphatic heterocycles. The summed E-state index contributed by atoms with van der Waals surface area (Å²) < 4.78 is 6.74. The second-order valence-corrected chi connectivity index (χ2v) is 15.9. The van der Waals surface area contributed by atoms with Crippen molar-refractivity contribution in [2.45, 2.75) is 0 Å². The summed E-state index contributed by atoms with van der Waals surface area (Å²) in [7, 11) is 0. The Balaban J connectivity index is 1.02. The van der Waals surface area contributed by atoms with Gasteiger partial charge in [-0.05, 0) is 96.4 Å². The van der Waals surface area contributed by atoms with Crippen LogP contribution >= 0.6 is 0 Å². The maximum Gasteiger partial charge on any atom is 0.164 e. The highest BCUT2D eigenvalue weighted by molar-refractivity contribution is 6.15. The first kappa shape index (κ1) is 36.4. The number of hydrogen-bond donors (Lipinski definition) is 0. The van der Waals surface area contributed by atoms with Gasteiger partial charge in [-0.3, -0.25) is 0 Å². The van der Waals surface area contributed by atoms with Gasteiger partial charge in [-0.15, -0.1) is 0 Å². The van der Waals surface area contributed by atoms with Crippen LogP contribution < -0.4 is 0 Å². The maximum absolute atomic E-state index is 6.74. The molecule has 0 N–H and O–H groups in total. The van der Waals surface area contributed by atoms with E-state index in [4.69, 9.17) is 19.4 Å². The Bertz CT molecular complexity index is 3650. The highest BCUT2D eigenvalue weighted by atomic mass is 16.3. The van der Waals surface area contributed by atoms with Crippen LogP contribution in [0.2, 0.25) is 0 Å². The molecule has 0 unspecified atom stereocenters. The zero-order chi connectivity index (χ0) is 41.7. The molecule has 4 heteroatoms. The van der Waals surface area contributed by atoms with E-state index in [0.29, 0.717) is 17.5 Å². The first-order valence-corrected chi connectivity index (χ1v) is 21.3. The van der Waals surface area contributed by atoms with Gasteiger partial charge in [0.2, 0.25) is 0 Å². The molecule has 0 bridgehead atoms. The number of hydrogen-bond acceptors (Lipinski definition) is 4. The van der Waals surface area contributed by atoms with Crippen LogP contribution in [0.4, 0.5) is 0 Å². The molecule has 0 amide bonds. The third-order valence-electron chi connectivity index (χ3n) is 12.2. The summed E-state index contributed by atoms with van der Waals surface area (Å²) in [5.41, 5.74) is 13.5. The summed E-state index contributed by atoms with van der Waals surface area (Å²) in [6, 6.07) is 78.8. The van der Waals surface area contributed by atoms with E-state index in [9.17, 15) is 0 Å². The lowest BCUT2D eigenvalue weighted by molar-refractivity contribution is 0.669. The Kier molecular flexibility index (Phi) is 8.79. The summed E-state index contributed by atoms with van der Waals surface area (Å²) >= 11 is 0. The van der Waals surface area contributed by atoms with Crippen LogP contribution in [0.25, 0.3) is 122 Å². The van der Waals surface area contributed by atoms with Gasteiger partial charge < -0.3 is 4.42 Å². The van der Waals surface area contributed by atoms with Crippen molar-refractivity contribution in [1.29, 1.82) is 0 Å². The predicted molar refractivity (Wildman–Crippen MR) is 260 cm³/mol. The standard InChI is InChI=1S/C59H37N3O/c1-4-15-38(16-5-1)40-27-29-42(30-28-40)57-60-58(62-59(61-57)53-36-44-21-10-11-22-46(44)47-23-12-13-24-48(47)53)45-32-34-51-55(37-45)63-54-26-14-25-50(56(51)54)49-33-31-43(39-17-6-2-7-18-39)35-52(49)41-19-8-3-9-20-41/h1-37H. The van der Waals surface area contributed by atoms with Crippen molar-refractivity contribution in [2.24, 2.45) is 0 Å². The van der Waals surface area contributed by atoms with Gasteiger partial charge in [0.05, 0.1) is 0 Å². The van der Waals surface area contributed by atoms with Crippen molar-refractivity contribution in [3.63, 3.8) is 0 Å². The van der Waals surface area contributed by atoms with Crippen molar-refractivity contribution >= 4 is 43.5 Å². The molecule has 2 aromatic heterocycles. The minimum atomic E-state index is 0.574. The molecule has 0 atom stereocenters. The summed E-state index contributed by atoms with van der Waals surface area (Å²) in [4.78, 5) is 15.7. The third-order valence-corrected chi connectivity index (χ3v) is 12.2. The van der Waals surface area contributed by atoms with Crippen molar-refractivity contribution < 1.29 is 4.42 Å². The summed E-state index contributed by atoms with van der Waals surface area (Å²) in [6.07, 6.45) is 0. The van der Waals surface area contributed by atoms with Gasteiger partial charge in [0.25, 0.3) is 0 Å². The molecule has 12 aromatic rings. The molecule has 0 saturated carbocycles. The number of furan rings is 1. The van der Waals surface area contributed by atoms with Crippen molar-refractivity contribution in [3.8, 4) is 78.7 Å². The largest absolute Gasteiger partial charge is 0.456 e. The molecule has 2 heterocycles. The number of rotatable bonds is 7. The van der Waals surface area contributed by atoms with E-state index in [-0.39, 0.29) is 0 Å². The van der Waals surface area contributed by atoms with Crippen molar-refractivity contribution in [2.75, 3.05) is 0 Å². The fourth-order valence-electron chi connectivity index (χ4n) is 9.07. The Labute approximate surface area is 364 Å².